The molecule has 1 aliphatic heterocycles. The third-order valence-corrected chi connectivity index (χ3v) is 2.61. The summed E-state index contributed by atoms with van der Waals surface area (Å²) in [5.74, 6) is 0.516. The molecule has 1 aliphatic rings. The summed E-state index contributed by atoms with van der Waals surface area (Å²) in [5, 5.41) is 3.09. The number of rotatable bonds is 3. The predicted octanol–water partition coefficient (Wildman–Crippen LogP) is 2.72. The second kappa shape index (κ2) is 8.20. The quantitative estimate of drug-likeness (QED) is 0.876. The van der Waals surface area contributed by atoms with Crippen molar-refractivity contribution in [3.63, 3.8) is 0 Å². The van der Waals surface area contributed by atoms with Crippen LogP contribution >= 0.6 is 0 Å². The minimum atomic E-state index is 0.516. The zero-order chi connectivity index (χ0) is 12.5. The van der Waals surface area contributed by atoms with Gasteiger partial charge < -0.3 is 10.1 Å². The molecular weight excluding hydrogens is 212 g/mol. The van der Waals surface area contributed by atoms with Crippen LogP contribution in [0.4, 0.5) is 0 Å². The van der Waals surface area contributed by atoms with Crippen LogP contribution in [0.5, 0.6) is 0 Å². The molecule has 0 amide bonds. The number of hydrogen-bond acceptors (Lipinski definition) is 3. The number of hydrogen-bond donors (Lipinski definition) is 1. The van der Waals surface area contributed by atoms with Crippen molar-refractivity contribution in [2.75, 3.05) is 20.3 Å². The summed E-state index contributed by atoms with van der Waals surface area (Å²) in [6.45, 7) is 7.16. The number of aromatic nitrogens is 1. The number of nitrogens with one attached hydrogen (secondary N) is 1. The van der Waals surface area contributed by atoms with E-state index in [9.17, 15) is 0 Å². The van der Waals surface area contributed by atoms with Crippen molar-refractivity contribution >= 4 is 0 Å². The van der Waals surface area contributed by atoms with Gasteiger partial charge in [0.25, 0.3) is 0 Å². The normalized spacial score (nSPS) is 14.6. The Balaban J connectivity index is 0.000000239. The Morgan fingerprint density at radius 1 is 1.29 bits per heavy atom. The molecule has 3 heteroatoms. The first-order valence-electron chi connectivity index (χ1n) is 6.42. The minimum absolute atomic E-state index is 0.516. The standard InChI is InChI=1S/C10H16N2.C4H8O/c1-8(2)10-6-4-5-9(12-10)7-11-3;1-2-4-5-3-1/h4-6,8,11H,7H2,1-3H3;1-4H2. The van der Waals surface area contributed by atoms with Gasteiger partial charge in [-0.05, 0) is 37.9 Å². The highest BCUT2D eigenvalue weighted by Gasteiger charge is 2.00. The molecule has 0 atom stereocenters. The van der Waals surface area contributed by atoms with Crippen LogP contribution in [-0.2, 0) is 11.3 Å². The van der Waals surface area contributed by atoms with Gasteiger partial charge in [-0.15, -0.1) is 0 Å². The average Bonchev–Trinajstić information content (AvgIpc) is 2.88. The highest BCUT2D eigenvalue weighted by Crippen LogP contribution is 2.10. The van der Waals surface area contributed by atoms with Crippen molar-refractivity contribution in [1.82, 2.24) is 10.3 Å². The van der Waals surface area contributed by atoms with Crippen molar-refractivity contribution in [3.8, 4) is 0 Å². The molecule has 17 heavy (non-hydrogen) atoms. The first-order valence-corrected chi connectivity index (χ1v) is 6.42. The Kier molecular flexibility index (Phi) is 6.82. The molecule has 0 spiro atoms. The van der Waals surface area contributed by atoms with Crippen molar-refractivity contribution in [1.29, 1.82) is 0 Å². The molecule has 2 rings (SSSR count). The molecular formula is C14H24N2O. The van der Waals surface area contributed by atoms with E-state index in [1.807, 2.05) is 13.1 Å². The third-order valence-electron chi connectivity index (χ3n) is 2.61. The van der Waals surface area contributed by atoms with Gasteiger partial charge in [-0.1, -0.05) is 19.9 Å². The molecule has 1 aromatic rings. The van der Waals surface area contributed by atoms with Gasteiger partial charge in [0.2, 0.25) is 0 Å². The van der Waals surface area contributed by atoms with Gasteiger partial charge in [0.05, 0.1) is 5.69 Å². The zero-order valence-corrected chi connectivity index (χ0v) is 11.2. The Bertz CT molecular complexity index is 301. The van der Waals surface area contributed by atoms with E-state index in [-0.39, 0.29) is 0 Å². The molecule has 0 aliphatic carbocycles. The molecule has 0 bridgehead atoms. The highest BCUT2D eigenvalue weighted by molar-refractivity contribution is 5.13. The van der Waals surface area contributed by atoms with Gasteiger partial charge in [0, 0.05) is 25.5 Å². The summed E-state index contributed by atoms with van der Waals surface area (Å²) >= 11 is 0. The van der Waals surface area contributed by atoms with E-state index < -0.39 is 0 Å². The van der Waals surface area contributed by atoms with Crippen LogP contribution in [0.15, 0.2) is 18.2 Å². The summed E-state index contributed by atoms with van der Waals surface area (Å²) < 4.78 is 4.94. The van der Waals surface area contributed by atoms with Crippen molar-refractivity contribution in [3.05, 3.63) is 29.6 Å². The molecule has 0 radical (unpaired) electrons. The van der Waals surface area contributed by atoms with Crippen molar-refractivity contribution < 1.29 is 4.74 Å². The topological polar surface area (TPSA) is 34.1 Å². The smallest absolute Gasteiger partial charge is 0.0545 e. The Hall–Kier alpha value is -0.930. The maximum Gasteiger partial charge on any atom is 0.0545 e. The molecule has 0 unspecified atom stereocenters. The van der Waals surface area contributed by atoms with Crippen molar-refractivity contribution in [2.45, 2.75) is 39.2 Å². The van der Waals surface area contributed by atoms with Gasteiger partial charge >= 0.3 is 0 Å². The van der Waals surface area contributed by atoms with Crippen LogP contribution in [0, 0.1) is 0 Å². The lowest BCUT2D eigenvalue weighted by molar-refractivity contribution is 0.198. The van der Waals surface area contributed by atoms with Gasteiger partial charge in [-0.25, -0.2) is 0 Å². The SMILES string of the molecule is C1CCOC1.CNCc1cccc(C(C)C)n1. The second-order valence-electron chi connectivity index (χ2n) is 4.56. The lowest BCUT2D eigenvalue weighted by Crippen LogP contribution is -2.08. The summed E-state index contributed by atoms with van der Waals surface area (Å²) in [6, 6.07) is 6.18. The summed E-state index contributed by atoms with van der Waals surface area (Å²) in [6.07, 6.45) is 2.56. The molecule has 1 N–H and O–H groups in total. The van der Waals surface area contributed by atoms with E-state index in [0.717, 1.165) is 25.5 Å². The second-order valence-corrected chi connectivity index (χ2v) is 4.56. The monoisotopic (exact) mass is 236 g/mol. The molecule has 0 aromatic carbocycles. The molecule has 3 nitrogen and oxygen atoms in total. The predicted molar refractivity (Wildman–Crippen MR) is 71.1 cm³/mol. The lowest BCUT2D eigenvalue weighted by atomic mass is 10.1. The third kappa shape index (κ3) is 5.80. The van der Waals surface area contributed by atoms with Crippen LogP contribution < -0.4 is 5.32 Å². The molecule has 2 heterocycles. The fraction of sp³-hybridized carbons (Fsp3) is 0.643. The molecule has 0 saturated carbocycles. The average molecular weight is 236 g/mol. The maximum absolute atomic E-state index is 4.94. The fourth-order valence-corrected chi connectivity index (χ4v) is 1.61. The Morgan fingerprint density at radius 3 is 2.47 bits per heavy atom. The number of pyridine rings is 1. The van der Waals surface area contributed by atoms with E-state index >= 15 is 0 Å². The molecule has 1 fully saturated rings. The fourth-order valence-electron chi connectivity index (χ4n) is 1.61. The van der Waals surface area contributed by atoms with Gasteiger partial charge in [-0.2, -0.15) is 0 Å². The van der Waals surface area contributed by atoms with Crippen molar-refractivity contribution in [2.24, 2.45) is 0 Å². The Labute approximate surface area is 105 Å². The molecule has 1 aromatic heterocycles. The van der Waals surface area contributed by atoms with Gasteiger partial charge in [0.1, 0.15) is 0 Å². The summed E-state index contributed by atoms with van der Waals surface area (Å²) in [5.41, 5.74) is 2.28. The van der Waals surface area contributed by atoms with E-state index in [0.29, 0.717) is 5.92 Å². The first-order chi connectivity index (χ1) is 8.24. The Morgan fingerprint density at radius 2 is 2.00 bits per heavy atom. The van der Waals surface area contributed by atoms with E-state index in [1.54, 1.807) is 0 Å². The maximum atomic E-state index is 4.94. The van der Waals surface area contributed by atoms with E-state index in [2.05, 4.69) is 36.3 Å². The van der Waals surface area contributed by atoms with E-state index in [4.69, 9.17) is 4.74 Å². The van der Waals surface area contributed by atoms with Crippen LogP contribution in [-0.4, -0.2) is 25.2 Å². The zero-order valence-electron chi connectivity index (χ0n) is 11.2. The summed E-state index contributed by atoms with van der Waals surface area (Å²) in [4.78, 5) is 4.50. The van der Waals surface area contributed by atoms with Crippen LogP contribution in [0.25, 0.3) is 0 Å². The van der Waals surface area contributed by atoms with Gasteiger partial charge in [0.15, 0.2) is 0 Å². The summed E-state index contributed by atoms with van der Waals surface area (Å²) in [7, 11) is 1.93. The molecule has 1 saturated heterocycles. The molecule has 96 valence electrons. The van der Waals surface area contributed by atoms with Crippen LogP contribution in [0.2, 0.25) is 0 Å². The number of ether oxygens (including phenoxy) is 1. The largest absolute Gasteiger partial charge is 0.381 e. The van der Waals surface area contributed by atoms with Crippen LogP contribution in [0.3, 0.4) is 0 Å². The van der Waals surface area contributed by atoms with Crippen LogP contribution in [0.1, 0.15) is 44.0 Å². The lowest BCUT2D eigenvalue weighted by Gasteiger charge is -2.06. The van der Waals surface area contributed by atoms with Gasteiger partial charge in [-0.3, -0.25) is 4.98 Å². The number of nitrogens with zero attached hydrogens (tertiary/aromatic N) is 1. The first kappa shape index (κ1) is 14.1. The minimum Gasteiger partial charge on any atom is -0.381 e. The highest BCUT2D eigenvalue weighted by atomic mass is 16.5. The van der Waals surface area contributed by atoms with E-state index in [1.165, 1.54) is 18.5 Å².